The number of hydrogen-bond acceptors (Lipinski definition) is 0. The molecular weight excluding hydrogens is 303 g/mol. The zero-order valence-electron chi connectivity index (χ0n) is 6.45. The summed E-state index contributed by atoms with van der Waals surface area (Å²) in [4.78, 5) is 0. The van der Waals surface area contributed by atoms with Crippen molar-refractivity contribution >= 4 is 0 Å². The van der Waals surface area contributed by atoms with E-state index < -0.39 is 0 Å². The molecule has 62 valence electrons. The molecule has 0 saturated heterocycles. The van der Waals surface area contributed by atoms with Crippen molar-refractivity contribution in [3.8, 4) is 0 Å². The largest absolute Gasteiger partial charge is 0.358 e. The summed E-state index contributed by atoms with van der Waals surface area (Å²) in [6, 6.07) is 0. The molecule has 0 fully saturated rings. The summed E-state index contributed by atoms with van der Waals surface area (Å²) in [5, 5.41) is 0. The molecule has 0 spiro atoms. The maximum Gasteiger partial charge on any atom is 0 e. The van der Waals surface area contributed by atoms with E-state index in [1.54, 1.807) is 0 Å². The molecule has 1 aliphatic carbocycles. The summed E-state index contributed by atoms with van der Waals surface area (Å²) in [6.45, 7) is 0. The Morgan fingerprint density at radius 1 is 0.800 bits per heavy atom. The molecule has 1 aliphatic rings. The molecule has 0 bridgehead atoms. The standard InChI is InChI=1S/C8H12.CH3.Pt/c1-2-4-6-8-7-5-3-1;;/h1-4H,5-8H2;1H3;/q;-1;. The summed E-state index contributed by atoms with van der Waals surface area (Å²) >= 11 is 0. The van der Waals surface area contributed by atoms with E-state index in [1.165, 1.54) is 25.7 Å². The summed E-state index contributed by atoms with van der Waals surface area (Å²) in [5.74, 6) is 0. The van der Waals surface area contributed by atoms with Crippen molar-refractivity contribution in [2.75, 3.05) is 0 Å². The average molecular weight is 318 g/mol. The topological polar surface area (TPSA) is 0 Å². The number of allylic oxidation sites excluding steroid dienone is 4. The molecule has 0 atom stereocenters. The molecule has 1 heteroatoms. The minimum absolute atomic E-state index is 0. The van der Waals surface area contributed by atoms with Crippen LogP contribution in [0.1, 0.15) is 25.7 Å². The maximum absolute atomic E-state index is 2.23. The molecule has 0 radical (unpaired) electrons. The van der Waals surface area contributed by atoms with Gasteiger partial charge in [0.05, 0.1) is 0 Å². The summed E-state index contributed by atoms with van der Waals surface area (Å²) in [5.41, 5.74) is 0. The van der Waals surface area contributed by atoms with Crippen LogP contribution in [0.15, 0.2) is 24.3 Å². The SMILES string of the molecule is C1=CCCCCC=C1.[CH3-].[Pt]. The molecular formula is C9H15Pt-. The Bertz CT molecular complexity index is 89.3. The Morgan fingerprint density at radius 2 is 1.20 bits per heavy atom. The van der Waals surface area contributed by atoms with Gasteiger partial charge < -0.3 is 7.43 Å². The minimum Gasteiger partial charge on any atom is -0.358 e. The molecule has 1 rings (SSSR count). The first-order valence-electron chi connectivity index (χ1n) is 3.32. The van der Waals surface area contributed by atoms with E-state index in [9.17, 15) is 0 Å². The van der Waals surface area contributed by atoms with Gasteiger partial charge in [-0.1, -0.05) is 24.3 Å². The van der Waals surface area contributed by atoms with Gasteiger partial charge in [0.25, 0.3) is 0 Å². The van der Waals surface area contributed by atoms with Crippen molar-refractivity contribution in [3.05, 3.63) is 31.7 Å². The predicted octanol–water partition coefficient (Wildman–Crippen LogP) is 3.12. The summed E-state index contributed by atoms with van der Waals surface area (Å²) < 4.78 is 0. The maximum atomic E-state index is 2.23. The van der Waals surface area contributed by atoms with Crippen LogP contribution in [-0.2, 0) is 21.1 Å². The van der Waals surface area contributed by atoms with Crippen molar-refractivity contribution in [3.63, 3.8) is 0 Å². The van der Waals surface area contributed by atoms with Gasteiger partial charge in [0.15, 0.2) is 0 Å². The van der Waals surface area contributed by atoms with Gasteiger partial charge in [-0.2, -0.15) is 0 Å². The normalized spacial score (nSPS) is 16.0. The molecule has 0 aromatic rings. The van der Waals surface area contributed by atoms with Crippen molar-refractivity contribution in [2.24, 2.45) is 0 Å². The van der Waals surface area contributed by atoms with Gasteiger partial charge in [0.2, 0.25) is 0 Å². The average Bonchev–Trinajstić information content (AvgIpc) is 1.62. The molecule has 0 aromatic heterocycles. The fourth-order valence-corrected chi connectivity index (χ4v) is 0.874. The van der Waals surface area contributed by atoms with Crippen molar-refractivity contribution in [1.29, 1.82) is 0 Å². The molecule has 0 heterocycles. The van der Waals surface area contributed by atoms with Crippen LogP contribution >= 0.6 is 0 Å². The Morgan fingerprint density at radius 3 is 1.60 bits per heavy atom. The van der Waals surface area contributed by atoms with E-state index in [4.69, 9.17) is 0 Å². The van der Waals surface area contributed by atoms with E-state index in [1.807, 2.05) is 0 Å². The van der Waals surface area contributed by atoms with Gasteiger partial charge in [0.1, 0.15) is 0 Å². The third-order valence-corrected chi connectivity index (χ3v) is 1.37. The first kappa shape index (κ1) is 12.8. The monoisotopic (exact) mass is 318 g/mol. The zero-order chi connectivity index (χ0) is 5.66. The van der Waals surface area contributed by atoms with Crippen LogP contribution in [0.5, 0.6) is 0 Å². The molecule has 0 N–H and O–H groups in total. The summed E-state index contributed by atoms with van der Waals surface area (Å²) in [7, 11) is 0. The Kier molecular flexibility index (Phi) is 11.7. The fourth-order valence-electron chi connectivity index (χ4n) is 0.874. The molecule has 0 nitrogen and oxygen atoms in total. The van der Waals surface area contributed by atoms with E-state index in [-0.39, 0.29) is 28.5 Å². The molecule has 0 saturated carbocycles. The number of hydrogen-bond donors (Lipinski definition) is 0. The first-order chi connectivity index (χ1) is 4.00. The second-order valence-electron chi connectivity index (χ2n) is 2.14. The minimum atomic E-state index is 0. The van der Waals surface area contributed by atoms with E-state index in [0.717, 1.165) is 0 Å². The molecule has 0 unspecified atom stereocenters. The van der Waals surface area contributed by atoms with Gasteiger partial charge in [-0.25, -0.2) is 0 Å². The van der Waals surface area contributed by atoms with Gasteiger partial charge >= 0.3 is 0 Å². The quantitative estimate of drug-likeness (QED) is 0.602. The Hall–Kier alpha value is 0.168. The second kappa shape index (κ2) is 9.17. The second-order valence-corrected chi connectivity index (χ2v) is 2.14. The van der Waals surface area contributed by atoms with Gasteiger partial charge in [-0.05, 0) is 25.7 Å². The summed E-state index contributed by atoms with van der Waals surface area (Å²) in [6.07, 6.45) is 14.0. The molecule has 0 amide bonds. The molecule has 0 aromatic carbocycles. The Labute approximate surface area is 78.7 Å². The van der Waals surface area contributed by atoms with Crippen molar-refractivity contribution < 1.29 is 21.1 Å². The number of rotatable bonds is 0. The Balaban J connectivity index is 0. The van der Waals surface area contributed by atoms with Gasteiger partial charge in [-0.15, -0.1) is 0 Å². The van der Waals surface area contributed by atoms with Crippen LogP contribution in [-0.4, -0.2) is 0 Å². The van der Waals surface area contributed by atoms with Crippen LogP contribution in [0.3, 0.4) is 0 Å². The van der Waals surface area contributed by atoms with Gasteiger partial charge in [0, 0.05) is 21.1 Å². The van der Waals surface area contributed by atoms with Crippen LogP contribution in [0.25, 0.3) is 0 Å². The van der Waals surface area contributed by atoms with E-state index >= 15 is 0 Å². The third-order valence-electron chi connectivity index (χ3n) is 1.37. The van der Waals surface area contributed by atoms with Crippen molar-refractivity contribution in [2.45, 2.75) is 25.7 Å². The predicted molar refractivity (Wildman–Crippen MR) is 43.2 cm³/mol. The van der Waals surface area contributed by atoms with E-state index in [0.29, 0.717) is 0 Å². The smallest absolute Gasteiger partial charge is 0 e. The third kappa shape index (κ3) is 6.29. The zero-order valence-corrected chi connectivity index (χ0v) is 8.73. The fraction of sp³-hybridized carbons (Fsp3) is 0.444. The molecule has 0 aliphatic heterocycles. The van der Waals surface area contributed by atoms with Crippen LogP contribution < -0.4 is 0 Å². The van der Waals surface area contributed by atoms with Gasteiger partial charge in [-0.3, -0.25) is 0 Å². The molecule has 10 heavy (non-hydrogen) atoms. The first-order valence-corrected chi connectivity index (χ1v) is 3.32. The van der Waals surface area contributed by atoms with Crippen LogP contribution in [0.2, 0.25) is 0 Å². The van der Waals surface area contributed by atoms with Crippen LogP contribution in [0.4, 0.5) is 0 Å². The van der Waals surface area contributed by atoms with E-state index in [2.05, 4.69) is 24.3 Å². The van der Waals surface area contributed by atoms with Crippen LogP contribution in [0, 0.1) is 7.43 Å². The van der Waals surface area contributed by atoms with Crippen molar-refractivity contribution in [1.82, 2.24) is 0 Å².